The second-order valence-corrected chi connectivity index (χ2v) is 7.13. The number of benzene rings is 3. The molecule has 1 heterocycles. The topological polar surface area (TPSA) is 69.0 Å². The van der Waals surface area contributed by atoms with E-state index in [9.17, 15) is 18.0 Å². The lowest BCUT2D eigenvalue weighted by molar-refractivity contribution is -0.274. The van der Waals surface area contributed by atoms with E-state index in [-0.39, 0.29) is 11.7 Å². The molecule has 3 aromatic carbocycles. The van der Waals surface area contributed by atoms with E-state index in [0.717, 1.165) is 22.2 Å². The fourth-order valence-electron chi connectivity index (χ4n) is 3.25. The van der Waals surface area contributed by atoms with Gasteiger partial charge < -0.3 is 10.1 Å². The van der Waals surface area contributed by atoms with Gasteiger partial charge in [0.25, 0.3) is 5.91 Å². The summed E-state index contributed by atoms with van der Waals surface area (Å²) in [7, 11) is 0. The number of halogens is 3. The minimum Gasteiger partial charge on any atom is -0.406 e. The zero-order valence-electron chi connectivity index (χ0n) is 16.8. The minimum absolute atomic E-state index is 0.222. The number of para-hydroxylation sites is 1. The molecular formula is C23H19F3N4O2. The van der Waals surface area contributed by atoms with Crippen molar-refractivity contribution in [3.63, 3.8) is 0 Å². The number of aromatic nitrogens is 3. The Balaban J connectivity index is 1.28. The third-order valence-corrected chi connectivity index (χ3v) is 4.82. The maximum Gasteiger partial charge on any atom is 0.573 e. The molecule has 0 saturated heterocycles. The van der Waals surface area contributed by atoms with Crippen LogP contribution in [0.1, 0.15) is 21.5 Å². The van der Waals surface area contributed by atoms with Crippen molar-refractivity contribution in [1.82, 2.24) is 20.3 Å². The molecule has 0 spiro atoms. The van der Waals surface area contributed by atoms with Crippen LogP contribution >= 0.6 is 0 Å². The van der Waals surface area contributed by atoms with E-state index >= 15 is 0 Å². The monoisotopic (exact) mass is 440 g/mol. The third kappa shape index (κ3) is 5.42. The first kappa shape index (κ1) is 21.4. The summed E-state index contributed by atoms with van der Waals surface area (Å²) in [6, 6.07) is 20.5. The van der Waals surface area contributed by atoms with Crippen molar-refractivity contribution in [2.24, 2.45) is 0 Å². The number of rotatable bonds is 7. The fraction of sp³-hybridized carbons (Fsp3) is 0.174. The first-order valence-corrected chi connectivity index (χ1v) is 9.87. The second-order valence-electron chi connectivity index (χ2n) is 7.13. The fourth-order valence-corrected chi connectivity index (χ4v) is 3.25. The predicted octanol–water partition coefficient (Wildman–Crippen LogP) is 4.35. The van der Waals surface area contributed by atoms with Gasteiger partial charge in [-0.2, -0.15) is 0 Å². The molecule has 4 rings (SSSR count). The lowest BCUT2D eigenvalue weighted by Crippen LogP contribution is -2.25. The van der Waals surface area contributed by atoms with Gasteiger partial charge in [0.2, 0.25) is 0 Å². The van der Waals surface area contributed by atoms with E-state index in [1.165, 1.54) is 24.3 Å². The van der Waals surface area contributed by atoms with E-state index in [1.807, 2.05) is 36.4 Å². The van der Waals surface area contributed by atoms with Crippen molar-refractivity contribution in [2.45, 2.75) is 19.3 Å². The van der Waals surface area contributed by atoms with Gasteiger partial charge in [-0.05, 0) is 53.9 Å². The number of hydrogen-bond acceptors (Lipinski definition) is 4. The van der Waals surface area contributed by atoms with Crippen molar-refractivity contribution in [2.75, 3.05) is 6.54 Å². The molecule has 1 aromatic heterocycles. The maximum atomic E-state index is 12.4. The molecule has 0 fully saturated rings. The van der Waals surface area contributed by atoms with E-state index in [1.54, 1.807) is 16.8 Å². The lowest BCUT2D eigenvalue weighted by atomic mass is 10.1. The van der Waals surface area contributed by atoms with E-state index in [0.29, 0.717) is 25.1 Å². The van der Waals surface area contributed by atoms with Crippen molar-refractivity contribution < 1.29 is 22.7 Å². The van der Waals surface area contributed by atoms with Crippen LogP contribution in [-0.2, 0) is 13.0 Å². The van der Waals surface area contributed by atoms with Gasteiger partial charge >= 0.3 is 6.36 Å². The summed E-state index contributed by atoms with van der Waals surface area (Å²) in [5.74, 6) is -0.496. The van der Waals surface area contributed by atoms with Crippen LogP contribution in [-0.4, -0.2) is 33.8 Å². The molecule has 0 aliphatic carbocycles. The Bertz CT molecular complexity index is 1200. The van der Waals surface area contributed by atoms with Crippen LogP contribution < -0.4 is 10.1 Å². The van der Waals surface area contributed by atoms with Crippen LogP contribution in [0.5, 0.6) is 5.75 Å². The molecule has 0 unspecified atom stereocenters. The molecule has 1 N–H and O–H groups in total. The average Bonchev–Trinajstić information content (AvgIpc) is 3.17. The highest BCUT2D eigenvalue weighted by atomic mass is 19.4. The number of hydrogen-bond donors (Lipinski definition) is 1. The number of carbonyl (C=O) groups is 1. The summed E-state index contributed by atoms with van der Waals surface area (Å²) in [6.45, 7) is 0.890. The molecule has 0 radical (unpaired) electrons. The Labute approximate surface area is 181 Å². The van der Waals surface area contributed by atoms with Gasteiger partial charge in [0.05, 0.1) is 12.1 Å². The zero-order chi connectivity index (χ0) is 22.6. The van der Waals surface area contributed by atoms with Crippen LogP contribution in [0.4, 0.5) is 13.2 Å². The quantitative estimate of drug-likeness (QED) is 0.464. The molecule has 6 nitrogen and oxygen atoms in total. The molecule has 0 saturated carbocycles. The summed E-state index contributed by atoms with van der Waals surface area (Å²) >= 11 is 0. The first-order valence-electron chi connectivity index (χ1n) is 9.87. The zero-order valence-corrected chi connectivity index (χ0v) is 16.8. The summed E-state index contributed by atoms with van der Waals surface area (Å²) < 4.78 is 42.2. The summed E-state index contributed by atoms with van der Waals surface area (Å²) in [5, 5.41) is 11.1. The van der Waals surface area contributed by atoms with Crippen LogP contribution in [0.3, 0.4) is 0 Å². The highest BCUT2D eigenvalue weighted by Crippen LogP contribution is 2.22. The van der Waals surface area contributed by atoms with Crippen LogP contribution in [0.15, 0.2) is 72.8 Å². The van der Waals surface area contributed by atoms with Gasteiger partial charge in [-0.3, -0.25) is 4.79 Å². The van der Waals surface area contributed by atoms with E-state index in [2.05, 4.69) is 20.4 Å². The van der Waals surface area contributed by atoms with E-state index in [4.69, 9.17) is 0 Å². The number of carbonyl (C=O) groups excluding carboxylic acids is 1. The Hall–Kier alpha value is -3.88. The number of alkyl halides is 3. The largest absolute Gasteiger partial charge is 0.573 e. The van der Waals surface area contributed by atoms with Crippen LogP contribution in [0.2, 0.25) is 0 Å². The van der Waals surface area contributed by atoms with Crippen LogP contribution in [0.25, 0.3) is 11.0 Å². The summed E-state index contributed by atoms with van der Waals surface area (Å²) in [6.07, 6.45) is -4.23. The molecule has 0 aliphatic rings. The molecule has 1 amide bonds. The SMILES string of the molecule is O=C(NCCc1ccc(OC(F)(F)F)cc1)c1ccc(Cn2nnc3ccccc32)cc1. The van der Waals surface area contributed by atoms with E-state index < -0.39 is 6.36 Å². The normalized spacial score (nSPS) is 11.5. The number of amides is 1. The molecule has 9 heteroatoms. The lowest BCUT2D eigenvalue weighted by Gasteiger charge is -2.10. The number of nitrogens with one attached hydrogen (secondary N) is 1. The number of fused-ring (bicyclic) bond motifs is 1. The number of ether oxygens (including phenoxy) is 1. The second kappa shape index (κ2) is 9.09. The predicted molar refractivity (Wildman–Crippen MR) is 112 cm³/mol. The highest BCUT2D eigenvalue weighted by Gasteiger charge is 2.30. The van der Waals surface area contributed by atoms with Crippen LogP contribution in [0, 0.1) is 0 Å². The average molecular weight is 440 g/mol. The maximum absolute atomic E-state index is 12.4. The van der Waals surface area contributed by atoms with Gasteiger partial charge in [0, 0.05) is 12.1 Å². The Kier molecular flexibility index (Phi) is 6.07. The van der Waals surface area contributed by atoms with Gasteiger partial charge in [-0.15, -0.1) is 18.3 Å². The Morgan fingerprint density at radius 1 is 0.938 bits per heavy atom. The Morgan fingerprint density at radius 3 is 2.34 bits per heavy atom. The standard InChI is InChI=1S/C23H19F3N4O2/c24-23(25,26)32-19-11-7-16(8-12-19)13-14-27-22(31)18-9-5-17(6-10-18)15-30-21-4-2-1-3-20(21)28-29-30/h1-12H,13-15H2,(H,27,31). The highest BCUT2D eigenvalue weighted by molar-refractivity contribution is 5.94. The van der Waals surface area contributed by atoms with Crippen molar-refractivity contribution in [1.29, 1.82) is 0 Å². The van der Waals surface area contributed by atoms with Gasteiger partial charge in [0.15, 0.2) is 0 Å². The van der Waals surface area contributed by atoms with Gasteiger partial charge in [0.1, 0.15) is 11.3 Å². The summed E-state index contributed by atoms with van der Waals surface area (Å²) in [5.41, 5.74) is 4.05. The molecule has 4 aromatic rings. The first-order chi connectivity index (χ1) is 15.4. The molecular weight excluding hydrogens is 421 g/mol. The smallest absolute Gasteiger partial charge is 0.406 e. The van der Waals surface area contributed by atoms with Crippen molar-refractivity contribution in [3.8, 4) is 5.75 Å². The van der Waals surface area contributed by atoms with Crippen molar-refractivity contribution in [3.05, 3.63) is 89.5 Å². The molecule has 164 valence electrons. The van der Waals surface area contributed by atoms with Gasteiger partial charge in [-0.1, -0.05) is 41.6 Å². The number of nitrogens with zero attached hydrogens (tertiary/aromatic N) is 3. The van der Waals surface area contributed by atoms with Gasteiger partial charge in [-0.25, -0.2) is 4.68 Å². The third-order valence-electron chi connectivity index (χ3n) is 4.82. The molecule has 32 heavy (non-hydrogen) atoms. The Morgan fingerprint density at radius 2 is 1.62 bits per heavy atom. The van der Waals surface area contributed by atoms with Crippen molar-refractivity contribution >= 4 is 16.9 Å². The minimum atomic E-state index is -4.71. The molecule has 0 aliphatic heterocycles. The summed E-state index contributed by atoms with van der Waals surface area (Å²) in [4.78, 5) is 12.4. The molecule has 0 atom stereocenters. The molecule has 0 bridgehead atoms.